The molecule has 2 aliphatic rings. The molecule has 3 unspecified atom stereocenters. The number of benzene rings is 1. The first-order valence-electron chi connectivity index (χ1n) is 6.04. The molecule has 0 aliphatic heterocycles. The van der Waals surface area contributed by atoms with E-state index in [1.807, 2.05) is 13.0 Å². The molecule has 1 nitrogen and oxygen atoms in total. The predicted octanol–water partition coefficient (Wildman–Crippen LogP) is 4.27. The number of halogens is 2. The molecule has 2 aliphatic carbocycles. The highest BCUT2D eigenvalue weighted by Gasteiger charge is 2.40. The second kappa shape index (κ2) is 4.13. The van der Waals surface area contributed by atoms with Crippen LogP contribution in [0.5, 0.6) is 0 Å². The summed E-state index contributed by atoms with van der Waals surface area (Å²) in [5.74, 6) is 1.33. The molecular weight excluding hydrogens is 281 g/mol. The van der Waals surface area contributed by atoms with E-state index in [2.05, 4.69) is 33.4 Å². The van der Waals surface area contributed by atoms with Gasteiger partial charge in [0.15, 0.2) is 0 Å². The van der Waals surface area contributed by atoms with Crippen LogP contribution in [-0.4, -0.2) is 6.04 Å². The fourth-order valence-electron chi connectivity index (χ4n) is 2.88. The molecule has 1 aromatic carbocycles. The molecule has 0 aromatic heterocycles. The molecule has 1 aromatic rings. The van der Waals surface area contributed by atoms with Crippen LogP contribution in [-0.2, 0) is 0 Å². The van der Waals surface area contributed by atoms with Gasteiger partial charge < -0.3 is 5.32 Å². The third-order valence-corrected chi connectivity index (χ3v) is 4.58. The zero-order valence-electron chi connectivity index (χ0n) is 9.71. The summed E-state index contributed by atoms with van der Waals surface area (Å²) < 4.78 is 13.9. The molecule has 90 valence electrons. The van der Waals surface area contributed by atoms with Crippen LogP contribution in [0.2, 0.25) is 0 Å². The van der Waals surface area contributed by atoms with Gasteiger partial charge in [0.25, 0.3) is 0 Å². The Bertz CT molecular complexity index is 483. The Morgan fingerprint density at radius 3 is 3.00 bits per heavy atom. The van der Waals surface area contributed by atoms with E-state index in [-0.39, 0.29) is 5.82 Å². The second-order valence-corrected chi connectivity index (χ2v) is 5.92. The third-order valence-electron chi connectivity index (χ3n) is 3.97. The van der Waals surface area contributed by atoms with E-state index in [9.17, 15) is 4.39 Å². The zero-order chi connectivity index (χ0) is 12.0. The monoisotopic (exact) mass is 295 g/mol. The number of rotatable bonds is 2. The summed E-state index contributed by atoms with van der Waals surface area (Å²) in [6.45, 7) is 1.94. The van der Waals surface area contributed by atoms with Crippen LogP contribution >= 0.6 is 15.9 Å². The smallest absolute Gasteiger partial charge is 0.137 e. The Labute approximate surface area is 109 Å². The molecule has 0 radical (unpaired) electrons. The van der Waals surface area contributed by atoms with Crippen LogP contribution in [0.15, 0.2) is 28.8 Å². The lowest BCUT2D eigenvalue weighted by Gasteiger charge is -2.41. The first-order valence-corrected chi connectivity index (χ1v) is 6.83. The van der Waals surface area contributed by atoms with Gasteiger partial charge in [0, 0.05) is 17.6 Å². The highest BCUT2D eigenvalue weighted by Crippen LogP contribution is 2.44. The number of hydrogen-bond acceptors (Lipinski definition) is 1. The maximum Gasteiger partial charge on any atom is 0.137 e. The molecule has 17 heavy (non-hydrogen) atoms. The highest BCUT2D eigenvalue weighted by molar-refractivity contribution is 9.10. The van der Waals surface area contributed by atoms with Crippen molar-refractivity contribution in [3.63, 3.8) is 0 Å². The van der Waals surface area contributed by atoms with Gasteiger partial charge in [0.05, 0.1) is 4.47 Å². The molecule has 0 spiro atoms. The quantitative estimate of drug-likeness (QED) is 0.804. The molecular formula is C14H15BrFN. The number of aryl methyl sites for hydroxylation is 1. The van der Waals surface area contributed by atoms with Gasteiger partial charge >= 0.3 is 0 Å². The van der Waals surface area contributed by atoms with E-state index in [4.69, 9.17) is 0 Å². The van der Waals surface area contributed by atoms with Crippen molar-refractivity contribution in [3.8, 4) is 0 Å². The molecule has 3 heteroatoms. The van der Waals surface area contributed by atoms with Gasteiger partial charge in [0.1, 0.15) is 5.82 Å². The standard InChI is InChI=1S/C14H15BrFN/c1-8-5-12(16)11(15)7-13(8)17-14-6-9-3-2-4-10(9)14/h2,4-5,7,9-10,14,17H,3,6H2,1H3. The lowest BCUT2D eigenvalue weighted by Crippen LogP contribution is -2.43. The van der Waals surface area contributed by atoms with Gasteiger partial charge in [-0.25, -0.2) is 4.39 Å². The molecule has 0 heterocycles. The average molecular weight is 296 g/mol. The summed E-state index contributed by atoms with van der Waals surface area (Å²) in [4.78, 5) is 0. The van der Waals surface area contributed by atoms with Crippen molar-refractivity contribution in [2.45, 2.75) is 25.8 Å². The second-order valence-electron chi connectivity index (χ2n) is 5.07. The van der Waals surface area contributed by atoms with Crippen molar-refractivity contribution in [3.05, 3.63) is 40.1 Å². The van der Waals surface area contributed by atoms with Gasteiger partial charge in [-0.2, -0.15) is 0 Å². The fourth-order valence-corrected chi connectivity index (χ4v) is 3.23. The van der Waals surface area contributed by atoms with Gasteiger partial charge in [-0.05, 0) is 59.3 Å². The maximum absolute atomic E-state index is 13.3. The summed E-state index contributed by atoms with van der Waals surface area (Å²) >= 11 is 3.24. The van der Waals surface area contributed by atoms with Crippen LogP contribution in [0.3, 0.4) is 0 Å². The average Bonchev–Trinajstić information content (AvgIpc) is 2.63. The number of fused-ring (bicyclic) bond motifs is 1. The number of anilines is 1. The Hall–Kier alpha value is -0.830. The minimum atomic E-state index is -0.194. The van der Waals surface area contributed by atoms with E-state index in [1.54, 1.807) is 6.07 Å². The molecule has 3 rings (SSSR count). The van der Waals surface area contributed by atoms with E-state index < -0.39 is 0 Å². The van der Waals surface area contributed by atoms with Gasteiger partial charge in [0.2, 0.25) is 0 Å². The minimum absolute atomic E-state index is 0.194. The topological polar surface area (TPSA) is 12.0 Å². The summed E-state index contributed by atoms with van der Waals surface area (Å²) in [5.41, 5.74) is 2.01. The normalized spacial score (nSPS) is 29.9. The largest absolute Gasteiger partial charge is 0.381 e. The van der Waals surface area contributed by atoms with Crippen LogP contribution in [0.1, 0.15) is 18.4 Å². The molecule has 3 atom stereocenters. The van der Waals surface area contributed by atoms with Crippen molar-refractivity contribution in [2.75, 3.05) is 5.32 Å². The zero-order valence-corrected chi connectivity index (χ0v) is 11.3. The van der Waals surface area contributed by atoms with Gasteiger partial charge in [-0.3, -0.25) is 0 Å². The van der Waals surface area contributed by atoms with Crippen molar-refractivity contribution in [1.82, 2.24) is 0 Å². The van der Waals surface area contributed by atoms with Crippen molar-refractivity contribution >= 4 is 21.6 Å². The first-order chi connectivity index (χ1) is 8.15. The van der Waals surface area contributed by atoms with E-state index in [0.717, 1.165) is 17.2 Å². The number of hydrogen-bond donors (Lipinski definition) is 1. The summed E-state index contributed by atoms with van der Waals surface area (Å²) in [6, 6.07) is 3.94. The van der Waals surface area contributed by atoms with Crippen molar-refractivity contribution in [1.29, 1.82) is 0 Å². The van der Waals surface area contributed by atoms with Gasteiger partial charge in [-0.1, -0.05) is 12.2 Å². The molecule has 0 bridgehead atoms. The fraction of sp³-hybridized carbons (Fsp3) is 0.429. The van der Waals surface area contributed by atoms with Crippen molar-refractivity contribution < 1.29 is 4.39 Å². The predicted molar refractivity (Wildman–Crippen MR) is 71.6 cm³/mol. The number of nitrogens with one attached hydrogen (secondary N) is 1. The molecule has 0 saturated heterocycles. The van der Waals surface area contributed by atoms with Gasteiger partial charge in [-0.15, -0.1) is 0 Å². The summed E-state index contributed by atoms with van der Waals surface area (Å²) in [7, 11) is 0. The highest BCUT2D eigenvalue weighted by atomic mass is 79.9. The Morgan fingerprint density at radius 2 is 2.24 bits per heavy atom. The van der Waals surface area contributed by atoms with Crippen LogP contribution < -0.4 is 5.32 Å². The summed E-state index contributed by atoms with van der Waals surface area (Å²) in [5, 5.41) is 3.54. The van der Waals surface area contributed by atoms with E-state index in [0.29, 0.717) is 16.4 Å². The Morgan fingerprint density at radius 1 is 1.41 bits per heavy atom. The SMILES string of the molecule is Cc1cc(F)c(Br)cc1NC1CC2CC=CC21. The van der Waals surface area contributed by atoms with Crippen LogP contribution in [0, 0.1) is 24.6 Å². The van der Waals surface area contributed by atoms with E-state index >= 15 is 0 Å². The molecule has 0 amide bonds. The van der Waals surface area contributed by atoms with E-state index in [1.165, 1.54) is 12.8 Å². The minimum Gasteiger partial charge on any atom is -0.381 e. The Balaban J connectivity index is 1.77. The Kier molecular flexibility index (Phi) is 2.74. The molecule has 1 N–H and O–H groups in total. The third kappa shape index (κ3) is 1.90. The van der Waals surface area contributed by atoms with Crippen LogP contribution in [0.25, 0.3) is 0 Å². The number of allylic oxidation sites excluding steroid dienone is 1. The first kappa shape index (κ1) is 11.3. The summed E-state index contributed by atoms with van der Waals surface area (Å²) in [6.07, 6.45) is 7.06. The lowest BCUT2D eigenvalue weighted by molar-refractivity contribution is 0.218. The molecule has 1 fully saturated rings. The lowest BCUT2D eigenvalue weighted by atomic mass is 9.71. The maximum atomic E-state index is 13.3. The van der Waals surface area contributed by atoms with Crippen molar-refractivity contribution in [2.24, 2.45) is 11.8 Å². The van der Waals surface area contributed by atoms with Crippen LogP contribution in [0.4, 0.5) is 10.1 Å². The molecule has 1 saturated carbocycles.